The number of aromatic nitrogens is 3. The van der Waals surface area contributed by atoms with E-state index < -0.39 is 0 Å². The Morgan fingerprint density at radius 3 is 2.63 bits per heavy atom. The third kappa shape index (κ3) is 3.85. The number of nitrogens with zero attached hydrogens (tertiary/aromatic N) is 3. The van der Waals surface area contributed by atoms with Crippen LogP contribution < -0.4 is 11.1 Å². The molecular weight excluding hydrogens is 354 g/mol. The van der Waals surface area contributed by atoms with E-state index in [4.69, 9.17) is 5.73 Å². The summed E-state index contributed by atoms with van der Waals surface area (Å²) in [5, 5.41) is 5.11. The predicted octanol–water partition coefficient (Wildman–Crippen LogP) is 4.68. The van der Waals surface area contributed by atoms with Crippen molar-refractivity contribution in [1.29, 1.82) is 0 Å². The second-order valence-electron chi connectivity index (χ2n) is 6.21. The third-order valence-corrected chi connectivity index (χ3v) is 5.30. The highest BCUT2D eigenvalue weighted by Crippen LogP contribution is 2.36. The third-order valence-electron chi connectivity index (χ3n) is 4.23. The lowest BCUT2D eigenvalue weighted by Gasteiger charge is -2.11. The van der Waals surface area contributed by atoms with Crippen LogP contribution in [-0.4, -0.2) is 15.0 Å². The fraction of sp³-hybridized carbons (Fsp3) is 0.0952. The van der Waals surface area contributed by atoms with Crippen molar-refractivity contribution in [2.75, 3.05) is 11.1 Å². The molecule has 2 aromatic heterocycles. The van der Waals surface area contributed by atoms with Gasteiger partial charge in [-0.25, -0.2) is 9.97 Å². The zero-order chi connectivity index (χ0) is 18.6. The Bertz CT molecular complexity index is 1070. The molecule has 6 heteroatoms. The van der Waals surface area contributed by atoms with Gasteiger partial charge in [-0.1, -0.05) is 59.8 Å². The molecule has 5 nitrogen and oxygen atoms in total. The average molecular weight is 373 g/mol. The van der Waals surface area contributed by atoms with Gasteiger partial charge in [-0.15, -0.1) is 0 Å². The molecule has 2 heterocycles. The molecule has 0 aliphatic carbocycles. The Morgan fingerprint density at radius 1 is 0.963 bits per heavy atom. The average Bonchev–Trinajstić information content (AvgIpc) is 2.70. The molecular formula is C21H19N5S. The maximum Gasteiger partial charge on any atom is 0.154 e. The van der Waals surface area contributed by atoms with E-state index >= 15 is 0 Å². The Kier molecular flexibility index (Phi) is 4.89. The van der Waals surface area contributed by atoms with Crippen molar-refractivity contribution in [2.24, 2.45) is 0 Å². The van der Waals surface area contributed by atoms with Crippen LogP contribution in [-0.2, 0) is 6.54 Å². The fourth-order valence-electron chi connectivity index (χ4n) is 2.76. The summed E-state index contributed by atoms with van der Waals surface area (Å²) in [6.45, 7) is 2.73. The molecule has 134 valence electrons. The van der Waals surface area contributed by atoms with Gasteiger partial charge in [-0.05, 0) is 24.6 Å². The standard InChI is InChI=1S/C21H19N5S/c1-14-7-9-15(10-8-14)12-24-20-18(22)21(26-13-25-20)27-17-6-2-4-16-5-3-11-23-19(16)17/h2-11,13H,12,22H2,1H3,(H,24,25,26). The fourth-order valence-corrected chi connectivity index (χ4v) is 3.68. The van der Waals surface area contributed by atoms with Crippen molar-refractivity contribution < 1.29 is 0 Å². The van der Waals surface area contributed by atoms with E-state index in [1.54, 1.807) is 6.20 Å². The monoisotopic (exact) mass is 373 g/mol. The maximum atomic E-state index is 6.33. The van der Waals surface area contributed by atoms with E-state index in [9.17, 15) is 0 Å². The molecule has 0 unspecified atom stereocenters. The van der Waals surface area contributed by atoms with Crippen LogP contribution in [0, 0.1) is 6.92 Å². The van der Waals surface area contributed by atoms with Crippen LogP contribution in [0.15, 0.2) is 77.0 Å². The van der Waals surface area contributed by atoms with Gasteiger partial charge in [0, 0.05) is 23.0 Å². The summed E-state index contributed by atoms with van der Waals surface area (Å²) < 4.78 is 0. The number of nitrogen functional groups attached to an aromatic ring is 1. The maximum absolute atomic E-state index is 6.33. The van der Waals surface area contributed by atoms with Crippen LogP contribution in [0.4, 0.5) is 11.5 Å². The number of anilines is 2. The second kappa shape index (κ2) is 7.63. The minimum absolute atomic E-state index is 0.544. The minimum Gasteiger partial charge on any atom is -0.394 e. The lowest BCUT2D eigenvalue weighted by Crippen LogP contribution is -2.06. The molecule has 27 heavy (non-hydrogen) atoms. The highest BCUT2D eigenvalue weighted by Gasteiger charge is 2.12. The van der Waals surface area contributed by atoms with Crippen LogP contribution in [0.25, 0.3) is 10.9 Å². The summed E-state index contributed by atoms with van der Waals surface area (Å²) in [6.07, 6.45) is 3.33. The van der Waals surface area contributed by atoms with Crippen LogP contribution in [0.5, 0.6) is 0 Å². The quantitative estimate of drug-likeness (QED) is 0.495. The molecule has 0 bridgehead atoms. The van der Waals surface area contributed by atoms with Crippen molar-refractivity contribution in [1.82, 2.24) is 15.0 Å². The van der Waals surface area contributed by atoms with Gasteiger partial charge in [-0.3, -0.25) is 4.98 Å². The number of hydrogen-bond acceptors (Lipinski definition) is 6. The summed E-state index contributed by atoms with van der Waals surface area (Å²) in [4.78, 5) is 14.2. The van der Waals surface area contributed by atoms with E-state index in [1.807, 2.05) is 30.3 Å². The molecule has 0 radical (unpaired) electrons. The van der Waals surface area contributed by atoms with E-state index in [0.717, 1.165) is 20.8 Å². The van der Waals surface area contributed by atoms with Crippen LogP contribution in [0.1, 0.15) is 11.1 Å². The lowest BCUT2D eigenvalue weighted by molar-refractivity contribution is 1.03. The van der Waals surface area contributed by atoms with E-state index in [1.165, 1.54) is 29.2 Å². The number of fused-ring (bicyclic) bond motifs is 1. The number of pyridine rings is 1. The van der Waals surface area contributed by atoms with Crippen molar-refractivity contribution in [3.8, 4) is 0 Å². The molecule has 0 spiro atoms. The SMILES string of the molecule is Cc1ccc(CNc2ncnc(Sc3cccc4cccnc34)c2N)cc1. The zero-order valence-electron chi connectivity index (χ0n) is 14.9. The van der Waals surface area contributed by atoms with Crippen LogP contribution >= 0.6 is 11.8 Å². The normalized spacial score (nSPS) is 10.9. The number of rotatable bonds is 5. The van der Waals surface area contributed by atoms with E-state index in [2.05, 4.69) is 51.5 Å². The highest BCUT2D eigenvalue weighted by molar-refractivity contribution is 7.99. The van der Waals surface area contributed by atoms with Gasteiger partial charge >= 0.3 is 0 Å². The highest BCUT2D eigenvalue weighted by atomic mass is 32.2. The summed E-state index contributed by atoms with van der Waals surface area (Å²) in [6, 6.07) is 18.4. The molecule has 0 atom stereocenters. The van der Waals surface area contributed by atoms with Gasteiger partial charge in [-0.2, -0.15) is 0 Å². The Balaban J connectivity index is 1.57. The molecule has 4 rings (SSSR count). The summed E-state index contributed by atoms with van der Waals surface area (Å²) in [5.74, 6) is 0.640. The molecule has 0 saturated carbocycles. The molecule has 0 amide bonds. The number of hydrogen-bond donors (Lipinski definition) is 2. The minimum atomic E-state index is 0.544. The van der Waals surface area contributed by atoms with Gasteiger partial charge in [0.05, 0.1) is 5.52 Å². The first-order valence-corrected chi connectivity index (χ1v) is 9.44. The Hall–Kier alpha value is -3.12. The molecule has 0 fully saturated rings. The number of nitrogens with two attached hydrogens (primary N) is 1. The number of benzene rings is 2. The zero-order valence-corrected chi connectivity index (χ0v) is 15.7. The summed E-state index contributed by atoms with van der Waals surface area (Å²) in [7, 11) is 0. The van der Waals surface area contributed by atoms with Crippen LogP contribution in [0.3, 0.4) is 0 Å². The Labute approximate surface area is 162 Å². The van der Waals surface area contributed by atoms with Gasteiger partial charge in [0.1, 0.15) is 17.0 Å². The van der Waals surface area contributed by atoms with Gasteiger partial charge in [0.2, 0.25) is 0 Å². The molecule has 0 saturated heterocycles. The van der Waals surface area contributed by atoms with Crippen LogP contribution in [0.2, 0.25) is 0 Å². The first-order valence-electron chi connectivity index (χ1n) is 8.62. The van der Waals surface area contributed by atoms with Gasteiger partial charge in [0.15, 0.2) is 5.82 Å². The largest absolute Gasteiger partial charge is 0.394 e. The summed E-state index contributed by atoms with van der Waals surface area (Å²) >= 11 is 1.50. The molecule has 0 aliphatic rings. The van der Waals surface area contributed by atoms with E-state index in [0.29, 0.717) is 18.1 Å². The van der Waals surface area contributed by atoms with Crippen molar-refractivity contribution >= 4 is 34.2 Å². The van der Waals surface area contributed by atoms with Crippen molar-refractivity contribution in [3.63, 3.8) is 0 Å². The molecule has 2 aromatic carbocycles. The summed E-state index contributed by atoms with van der Waals surface area (Å²) in [5.41, 5.74) is 10.2. The molecule has 3 N–H and O–H groups in total. The van der Waals surface area contributed by atoms with Gasteiger partial charge in [0.25, 0.3) is 0 Å². The van der Waals surface area contributed by atoms with Gasteiger partial charge < -0.3 is 11.1 Å². The van der Waals surface area contributed by atoms with Crippen molar-refractivity contribution in [3.05, 3.63) is 78.2 Å². The first-order chi connectivity index (χ1) is 13.2. The number of aryl methyl sites for hydroxylation is 1. The number of para-hydroxylation sites is 1. The predicted molar refractivity (Wildman–Crippen MR) is 111 cm³/mol. The lowest BCUT2D eigenvalue weighted by atomic mass is 10.1. The molecule has 0 aliphatic heterocycles. The first kappa shape index (κ1) is 17.3. The molecule has 4 aromatic rings. The number of nitrogens with one attached hydrogen (secondary N) is 1. The second-order valence-corrected chi connectivity index (χ2v) is 7.24. The smallest absolute Gasteiger partial charge is 0.154 e. The van der Waals surface area contributed by atoms with E-state index in [-0.39, 0.29) is 0 Å². The topological polar surface area (TPSA) is 76.7 Å². The van der Waals surface area contributed by atoms with Crippen molar-refractivity contribution in [2.45, 2.75) is 23.4 Å². The Morgan fingerprint density at radius 2 is 1.78 bits per heavy atom.